The lowest BCUT2D eigenvalue weighted by Crippen LogP contribution is -2.34. The molecule has 0 aliphatic heterocycles. The third-order valence-electron chi connectivity index (χ3n) is 2.57. The van der Waals surface area contributed by atoms with Crippen LogP contribution in [0.15, 0.2) is 35.0 Å². The summed E-state index contributed by atoms with van der Waals surface area (Å²) >= 11 is 3.29. The van der Waals surface area contributed by atoms with E-state index in [0.29, 0.717) is 18.7 Å². The van der Waals surface area contributed by atoms with E-state index in [0.717, 1.165) is 9.54 Å². The molecule has 0 saturated carbocycles. The average molecular weight is 285 g/mol. The number of aliphatic hydroxyl groups excluding tert-OH is 1. The highest BCUT2D eigenvalue weighted by atomic mass is 79.9. The zero-order valence-electron chi connectivity index (χ0n) is 8.62. The van der Waals surface area contributed by atoms with Gasteiger partial charge in [0.1, 0.15) is 0 Å². The Morgan fingerprint density at radius 3 is 2.69 bits per heavy atom. The molecule has 0 aromatic carbocycles. The number of hydrogen-bond donors (Lipinski definition) is 2. The van der Waals surface area contributed by atoms with Crippen LogP contribution in [0.1, 0.15) is 12.8 Å². The van der Waals surface area contributed by atoms with Crippen molar-refractivity contribution in [1.29, 1.82) is 0 Å². The van der Waals surface area contributed by atoms with Gasteiger partial charge in [-0.3, -0.25) is 5.21 Å². The van der Waals surface area contributed by atoms with Crippen LogP contribution in [0, 0.1) is 0 Å². The van der Waals surface area contributed by atoms with E-state index in [-0.39, 0.29) is 12.1 Å². The maximum atomic E-state index is 9.95. The van der Waals surface area contributed by atoms with Crippen molar-refractivity contribution in [2.24, 2.45) is 0 Å². The minimum Gasteiger partial charge on any atom is -0.389 e. The molecular weight excluding hydrogens is 272 g/mol. The van der Waals surface area contributed by atoms with Crippen LogP contribution >= 0.6 is 15.9 Å². The molecule has 1 aliphatic rings. The first-order valence-electron chi connectivity index (χ1n) is 5.13. The van der Waals surface area contributed by atoms with Crippen molar-refractivity contribution in [3.05, 3.63) is 35.0 Å². The van der Waals surface area contributed by atoms with Gasteiger partial charge >= 0.3 is 0 Å². The summed E-state index contributed by atoms with van der Waals surface area (Å²) in [5.74, 6) is 0.509. The minimum atomic E-state index is -0.387. The molecule has 1 aromatic heterocycles. The Kier molecular flexibility index (Phi) is 3.58. The van der Waals surface area contributed by atoms with E-state index < -0.39 is 0 Å². The Hall–Kier alpha value is -0.910. The van der Waals surface area contributed by atoms with Crippen molar-refractivity contribution in [3.8, 4) is 0 Å². The minimum absolute atomic E-state index is 0.114. The summed E-state index contributed by atoms with van der Waals surface area (Å²) in [5, 5.41) is 20.4. The van der Waals surface area contributed by atoms with Crippen molar-refractivity contribution in [3.63, 3.8) is 0 Å². The molecule has 0 bridgehead atoms. The molecular formula is C11H13BrN2O2. The van der Waals surface area contributed by atoms with E-state index in [9.17, 15) is 10.3 Å². The molecule has 0 radical (unpaired) electrons. The fourth-order valence-corrected chi connectivity index (χ4v) is 1.90. The normalized spacial score (nSPS) is 24.4. The fraction of sp³-hybridized carbons (Fsp3) is 0.364. The van der Waals surface area contributed by atoms with Gasteiger partial charge in [-0.25, -0.2) is 10.0 Å². The number of hydroxylamine groups is 1. The van der Waals surface area contributed by atoms with Crippen LogP contribution in [0.2, 0.25) is 0 Å². The summed E-state index contributed by atoms with van der Waals surface area (Å²) in [6.07, 6.45) is 6.14. The molecule has 2 rings (SSSR count). The van der Waals surface area contributed by atoms with Gasteiger partial charge in [-0.1, -0.05) is 12.2 Å². The summed E-state index contributed by atoms with van der Waals surface area (Å²) in [4.78, 5) is 4.11. The van der Waals surface area contributed by atoms with Crippen molar-refractivity contribution in [1.82, 2.24) is 4.98 Å². The number of aromatic nitrogens is 1. The number of rotatable bonds is 2. The van der Waals surface area contributed by atoms with E-state index in [2.05, 4.69) is 20.9 Å². The Labute approximate surface area is 102 Å². The van der Waals surface area contributed by atoms with Gasteiger partial charge in [-0.15, -0.1) is 0 Å². The molecule has 0 spiro atoms. The Morgan fingerprint density at radius 2 is 2.12 bits per heavy atom. The second kappa shape index (κ2) is 4.95. The van der Waals surface area contributed by atoms with Crippen LogP contribution in [0.25, 0.3) is 0 Å². The smallest absolute Gasteiger partial charge is 0.152 e. The number of halogens is 1. The number of anilines is 1. The standard InChI is InChI=1S/C11H13BrN2O2/c12-8-1-6-11(13-7-8)14(16)9-2-4-10(15)5-3-9/h1-2,4,6-7,9-10,15-16H,3,5H2/t9-,10+/m0/s1. The van der Waals surface area contributed by atoms with E-state index in [1.54, 1.807) is 24.4 Å². The Balaban J connectivity index is 2.10. The molecule has 2 atom stereocenters. The summed E-state index contributed by atoms with van der Waals surface area (Å²) < 4.78 is 0.874. The van der Waals surface area contributed by atoms with E-state index >= 15 is 0 Å². The average Bonchev–Trinajstić information content (AvgIpc) is 2.30. The molecule has 16 heavy (non-hydrogen) atoms. The summed E-state index contributed by atoms with van der Waals surface area (Å²) in [6.45, 7) is 0. The molecule has 4 nitrogen and oxygen atoms in total. The van der Waals surface area contributed by atoms with Crippen molar-refractivity contribution < 1.29 is 10.3 Å². The van der Waals surface area contributed by atoms with Gasteiger partial charge in [0.2, 0.25) is 0 Å². The fourth-order valence-electron chi connectivity index (χ4n) is 1.67. The lowest BCUT2D eigenvalue weighted by Gasteiger charge is -2.27. The van der Waals surface area contributed by atoms with Gasteiger partial charge in [0.15, 0.2) is 5.82 Å². The van der Waals surface area contributed by atoms with Crippen molar-refractivity contribution >= 4 is 21.7 Å². The summed E-state index contributed by atoms with van der Waals surface area (Å²) in [5.41, 5.74) is 0. The monoisotopic (exact) mass is 284 g/mol. The van der Waals surface area contributed by atoms with Crippen LogP contribution < -0.4 is 5.06 Å². The first-order valence-corrected chi connectivity index (χ1v) is 5.92. The lowest BCUT2D eigenvalue weighted by atomic mass is 10.0. The predicted molar refractivity (Wildman–Crippen MR) is 64.4 cm³/mol. The van der Waals surface area contributed by atoms with Crippen molar-refractivity contribution in [2.45, 2.75) is 25.0 Å². The largest absolute Gasteiger partial charge is 0.389 e. The van der Waals surface area contributed by atoms with Gasteiger partial charge in [-0.2, -0.15) is 0 Å². The molecule has 1 aliphatic carbocycles. The van der Waals surface area contributed by atoms with Crippen LogP contribution in [0.4, 0.5) is 5.82 Å². The topological polar surface area (TPSA) is 56.6 Å². The molecule has 1 aromatic rings. The van der Waals surface area contributed by atoms with E-state index in [4.69, 9.17) is 0 Å². The zero-order chi connectivity index (χ0) is 11.5. The molecule has 5 heteroatoms. The third kappa shape index (κ3) is 2.61. The highest BCUT2D eigenvalue weighted by molar-refractivity contribution is 9.10. The second-order valence-corrected chi connectivity index (χ2v) is 4.69. The number of nitrogens with zero attached hydrogens (tertiary/aromatic N) is 2. The number of aliphatic hydroxyl groups is 1. The summed E-state index contributed by atoms with van der Waals surface area (Å²) in [6, 6.07) is 3.45. The van der Waals surface area contributed by atoms with Crippen LogP contribution in [-0.4, -0.2) is 27.4 Å². The lowest BCUT2D eigenvalue weighted by molar-refractivity contribution is 0.175. The van der Waals surface area contributed by atoms with Crippen LogP contribution in [0.5, 0.6) is 0 Å². The van der Waals surface area contributed by atoms with Gasteiger partial charge < -0.3 is 5.11 Å². The van der Waals surface area contributed by atoms with Crippen LogP contribution in [-0.2, 0) is 0 Å². The van der Waals surface area contributed by atoms with Crippen LogP contribution in [0.3, 0.4) is 0 Å². The Bertz CT molecular complexity index is 380. The van der Waals surface area contributed by atoms with Gasteiger partial charge in [0.05, 0.1) is 12.1 Å². The highest BCUT2D eigenvalue weighted by Gasteiger charge is 2.20. The molecule has 0 amide bonds. The molecule has 0 unspecified atom stereocenters. The Morgan fingerprint density at radius 1 is 1.31 bits per heavy atom. The predicted octanol–water partition coefficient (Wildman–Crippen LogP) is 2.12. The first kappa shape index (κ1) is 11.6. The maximum Gasteiger partial charge on any atom is 0.152 e. The number of pyridine rings is 1. The number of hydrogen-bond acceptors (Lipinski definition) is 4. The molecule has 2 N–H and O–H groups in total. The molecule has 86 valence electrons. The van der Waals surface area contributed by atoms with Crippen molar-refractivity contribution in [2.75, 3.05) is 5.06 Å². The zero-order valence-corrected chi connectivity index (χ0v) is 10.2. The molecule has 0 fully saturated rings. The maximum absolute atomic E-state index is 9.95. The summed E-state index contributed by atoms with van der Waals surface area (Å²) in [7, 11) is 0. The van der Waals surface area contributed by atoms with E-state index in [1.807, 2.05) is 6.07 Å². The SMILES string of the molecule is O[C@@H]1C=C[C@H](N(O)c2ccc(Br)cn2)CC1. The van der Waals surface area contributed by atoms with Gasteiger partial charge in [-0.05, 0) is 40.9 Å². The van der Waals surface area contributed by atoms with E-state index in [1.165, 1.54) is 0 Å². The first-order chi connectivity index (χ1) is 7.66. The van der Waals surface area contributed by atoms with Gasteiger partial charge in [0, 0.05) is 10.7 Å². The molecule has 0 saturated heterocycles. The second-order valence-electron chi connectivity index (χ2n) is 3.78. The molecule has 1 heterocycles. The third-order valence-corrected chi connectivity index (χ3v) is 3.04. The highest BCUT2D eigenvalue weighted by Crippen LogP contribution is 2.21. The van der Waals surface area contributed by atoms with Gasteiger partial charge in [0.25, 0.3) is 0 Å². The quantitative estimate of drug-likeness (QED) is 0.645.